The molecule has 8 heteroatoms. The van der Waals surface area contributed by atoms with E-state index in [1.54, 1.807) is 31.7 Å². The number of likely N-dealkylation sites (N-methyl/N-ethyl adjacent to an activating group) is 1. The average Bonchev–Trinajstić information content (AvgIpc) is 2.70. The number of hydrogen-bond donors (Lipinski definition) is 1. The minimum absolute atomic E-state index is 0.0269. The lowest BCUT2D eigenvalue weighted by Crippen LogP contribution is -2.35. The molecule has 0 saturated heterocycles. The quantitative estimate of drug-likeness (QED) is 0.375. The van der Waals surface area contributed by atoms with Crippen molar-refractivity contribution in [3.8, 4) is 0 Å². The highest BCUT2D eigenvalue weighted by Gasteiger charge is 2.20. The lowest BCUT2D eigenvalue weighted by atomic mass is 10.2. The van der Waals surface area contributed by atoms with E-state index >= 15 is 0 Å². The Kier molecular flexibility index (Phi) is 10.4. The van der Waals surface area contributed by atoms with Gasteiger partial charge in [-0.25, -0.2) is 4.98 Å². The number of anilines is 1. The molecule has 0 spiro atoms. The number of unbranched alkanes of at least 4 members (excludes halogenated alkanes) is 3. The van der Waals surface area contributed by atoms with Crippen molar-refractivity contribution in [1.29, 1.82) is 0 Å². The molecule has 1 N–H and O–H groups in total. The van der Waals surface area contributed by atoms with E-state index in [0.29, 0.717) is 18.7 Å². The number of aromatic nitrogens is 2. The van der Waals surface area contributed by atoms with Crippen LogP contribution in [0.4, 0.5) is 14.6 Å². The SMILES string of the molecule is C=C(Nc1nc(CC)cn(CCCCCC)c1=O)C(C)N(C)/C(=C/C)OC(F)F. The zero-order valence-corrected chi connectivity index (χ0v) is 18.2. The third-order valence-electron chi connectivity index (χ3n) is 4.81. The van der Waals surface area contributed by atoms with Crippen molar-refractivity contribution < 1.29 is 13.5 Å². The van der Waals surface area contributed by atoms with Gasteiger partial charge in [-0.3, -0.25) is 4.79 Å². The number of alkyl halides is 2. The number of nitrogens with one attached hydrogen (secondary N) is 1. The van der Waals surface area contributed by atoms with Gasteiger partial charge in [-0.05, 0) is 32.8 Å². The Bertz CT molecular complexity index is 747. The molecule has 1 unspecified atom stereocenters. The molecule has 0 amide bonds. The maximum Gasteiger partial charge on any atom is 0.388 e. The van der Waals surface area contributed by atoms with Gasteiger partial charge in [-0.2, -0.15) is 8.78 Å². The van der Waals surface area contributed by atoms with Gasteiger partial charge in [0.2, 0.25) is 0 Å². The first-order chi connectivity index (χ1) is 13.7. The molecule has 29 heavy (non-hydrogen) atoms. The summed E-state index contributed by atoms with van der Waals surface area (Å²) in [5.74, 6) is 0.223. The number of nitrogens with zero attached hydrogens (tertiary/aromatic N) is 3. The zero-order chi connectivity index (χ0) is 22.0. The van der Waals surface area contributed by atoms with Gasteiger partial charge in [0, 0.05) is 25.5 Å². The van der Waals surface area contributed by atoms with Gasteiger partial charge < -0.3 is 19.5 Å². The van der Waals surface area contributed by atoms with E-state index in [-0.39, 0.29) is 17.3 Å². The molecular weight excluding hydrogens is 378 g/mol. The number of allylic oxidation sites excluding steroid dienone is 1. The van der Waals surface area contributed by atoms with Crippen LogP contribution in [0.5, 0.6) is 0 Å². The van der Waals surface area contributed by atoms with Crippen LogP contribution >= 0.6 is 0 Å². The molecule has 0 aliphatic rings. The lowest BCUT2D eigenvalue weighted by molar-refractivity contribution is -0.117. The number of rotatable bonds is 13. The molecule has 0 aliphatic carbocycles. The summed E-state index contributed by atoms with van der Waals surface area (Å²) in [4.78, 5) is 18.7. The third kappa shape index (κ3) is 7.51. The molecule has 1 atom stereocenters. The second-order valence-electron chi connectivity index (χ2n) is 6.94. The highest BCUT2D eigenvalue weighted by atomic mass is 19.3. The van der Waals surface area contributed by atoms with Crippen molar-refractivity contribution in [2.75, 3.05) is 12.4 Å². The molecule has 1 rings (SSSR count). The van der Waals surface area contributed by atoms with Gasteiger partial charge in [0.1, 0.15) is 0 Å². The molecule has 0 radical (unpaired) electrons. The number of hydrogen-bond acceptors (Lipinski definition) is 5. The van der Waals surface area contributed by atoms with E-state index < -0.39 is 12.7 Å². The molecule has 1 aromatic rings. The van der Waals surface area contributed by atoms with Crippen LogP contribution in [0.1, 0.15) is 59.1 Å². The van der Waals surface area contributed by atoms with E-state index in [1.165, 1.54) is 11.0 Å². The largest absolute Gasteiger partial charge is 0.419 e. The number of aryl methyl sites for hydroxylation is 2. The topological polar surface area (TPSA) is 59.4 Å². The van der Waals surface area contributed by atoms with Gasteiger partial charge in [0.25, 0.3) is 5.56 Å². The van der Waals surface area contributed by atoms with E-state index in [4.69, 9.17) is 0 Å². The summed E-state index contributed by atoms with van der Waals surface area (Å²) in [5.41, 5.74) is 1.04. The smallest absolute Gasteiger partial charge is 0.388 e. The van der Waals surface area contributed by atoms with Crippen LogP contribution in [0, 0.1) is 0 Å². The summed E-state index contributed by atoms with van der Waals surface area (Å²) in [6, 6.07) is -0.413. The molecule has 164 valence electrons. The minimum atomic E-state index is -2.92. The summed E-state index contributed by atoms with van der Waals surface area (Å²) < 4.78 is 31.4. The predicted octanol–water partition coefficient (Wildman–Crippen LogP) is 4.73. The Balaban J connectivity index is 2.97. The zero-order valence-electron chi connectivity index (χ0n) is 18.2. The van der Waals surface area contributed by atoms with Gasteiger partial charge in [-0.15, -0.1) is 0 Å². The van der Waals surface area contributed by atoms with Crippen molar-refractivity contribution in [2.45, 2.75) is 79.0 Å². The van der Waals surface area contributed by atoms with Crippen LogP contribution in [-0.2, 0) is 17.7 Å². The van der Waals surface area contributed by atoms with Crippen molar-refractivity contribution in [3.63, 3.8) is 0 Å². The standard InChI is InChI=1S/C21H34F2N4O2/c1-7-10-11-12-13-27-14-17(8-2)25-19(20(27)28)24-15(4)16(5)26(6)18(9-3)29-21(22)23/h9,14,16,21H,4,7-8,10-13H2,1-3,5-6H3,(H,24,25)/b18-9-. The van der Waals surface area contributed by atoms with Crippen LogP contribution in [0.25, 0.3) is 0 Å². The second kappa shape index (κ2) is 12.2. The summed E-state index contributed by atoms with van der Waals surface area (Å²) in [6.07, 6.45) is 8.21. The number of halogens is 2. The normalized spacial score (nSPS) is 12.8. The molecule has 1 heterocycles. The summed E-state index contributed by atoms with van der Waals surface area (Å²) in [5, 5.41) is 2.99. The van der Waals surface area contributed by atoms with Crippen LogP contribution in [0.3, 0.4) is 0 Å². The first-order valence-corrected chi connectivity index (χ1v) is 10.1. The molecule has 0 bridgehead atoms. The Labute approximate surface area is 172 Å². The Morgan fingerprint density at radius 3 is 2.62 bits per heavy atom. The fourth-order valence-corrected chi connectivity index (χ4v) is 2.85. The van der Waals surface area contributed by atoms with E-state index in [2.05, 4.69) is 28.5 Å². The molecule has 0 fully saturated rings. The Morgan fingerprint density at radius 2 is 2.07 bits per heavy atom. The summed E-state index contributed by atoms with van der Waals surface area (Å²) in [6.45, 7) is 9.20. The van der Waals surface area contributed by atoms with Crippen molar-refractivity contribution in [2.24, 2.45) is 0 Å². The average molecular weight is 413 g/mol. The van der Waals surface area contributed by atoms with Crippen molar-refractivity contribution in [1.82, 2.24) is 14.5 Å². The molecular formula is C21H34F2N4O2. The maximum atomic E-state index is 12.8. The minimum Gasteiger partial charge on any atom is -0.419 e. The second-order valence-corrected chi connectivity index (χ2v) is 6.94. The number of ether oxygens (including phenoxy) is 1. The first-order valence-electron chi connectivity index (χ1n) is 10.1. The van der Waals surface area contributed by atoms with Crippen molar-refractivity contribution >= 4 is 5.82 Å². The Hall–Kier alpha value is -2.38. The summed E-state index contributed by atoms with van der Waals surface area (Å²) in [7, 11) is 1.62. The molecule has 0 aliphatic heterocycles. The van der Waals surface area contributed by atoms with Crippen LogP contribution in [-0.4, -0.2) is 34.2 Å². The van der Waals surface area contributed by atoms with Gasteiger partial charge >= 0.3 is 6.61 Å². The summed E-state index contributed by atoms with van der Waals surface area (Å²) >= 11 is 0. The highest BCUT2D eigenvalue weighted by molar-refractivity contribution is 5.41. The molecule has 0 saturated carbocycles. The van der Waals surface area contributed by atoms with E-state index in [9.17, 15) is 13.6 Å². The maximum absolute atomic E-state index is 12.8. The van der Waals surface area contributed by atoms with Gasteiger partial charge in [-0.1, -0.05) is 39.7 Å². The molecule has 1 aromatic heterocycles. The van der Waals surface area contributed by atoms with Crippen LogP contribution in [0.2, 0.25) is 0 Å². The van der Waals surface area contributed by atoms with E-state index in [1.807, 2.05) is 6.92 Å². The van der Waals surface area contributed by atoms with Gasteiger partial charge in [0.05, 0.1) is 11.7 Å². The fraction of sp³-hybridized carbons (Fsp3) is 0.619. The highest BCUT2D eigenvalue weighted by Crippen LogP contribution is 2.17. The monoisotopic (exact) mass is 412 g/mol. The van der Waals surface area contributed by atoms with Crippen LogP contribution < -0.4 is 10.9 Å². The van der Waals surface area contributed by atoms with Crippen LogP contribution in [0.15, 0.2) is 35.2 Å². The molecule has 0 aromatic carbocycles. The predicted molar refractivity (Wildman–Crippen MR) is 113 cm³/mol. The van der Waals surface area contributed by atoms with Gasteiger partial charge in [0.15, 0.2) is 11.7 Å². The third-order valence-corrected chi connectivity index (χ3v) is 4.81. The van der Waals surface area contributed by atoms with E-state index in [0.717, 1.165) is 31.4 Å². The van der Waals surface area contributed by atoms with Crippen molar-refractivity contribution in [3.05, 3.63) is 46.5 Å². The molecule has 6 nitrogen and oxygen atoms in total. The first kappa shape index (κ1) is 24.7. The lowest BCUT2D eigenvalue weighted by Gasteiger charge is -2.30. The Morgan fingerprint density at radius 1 is 1.38 bits per heavy atom. The fourth-order valence-electron chi connectivity index (χ4n) is 2.85.